The molecule has 112 valence electrons. The topological polar surface area (TPSA) is 24.7 Å². The molecule has 0 aromatic rings. The molecule has 4 heteroatoms. The van der Waals surface area contributed by atoms with E-state index in [0.717, 1.165) is 9.72 Å². The maximum atomic E-state index is 5.07. The van der Waals surface area contributed by atoms with Gasteiger partial charge in [0.1, 0.15) is 0 Å². The summed E-state index contributed by atoms with van der Waals surface area (Å²) in [6.07, 6.45) is 8.83. The number of allylic oxidation sites excluding steroid dienone is 4. The van der Waals surface area contributed by atoms with Crippen LogP contribution < -0.4 is 0 Å². The molecule has 0 heterocycles. The van der Waals surface area contributed by atoms with E-state index in [9.17, 15) is 0 Å². The molecule has 20 heavy (non-hydrogen) atoms. The Balaban J connectivity index is 0. The first-order valence-electron chi connectivity index (χ1n) is 6.46. The Hall–Kier alpha value is -0.0634. The van der Waals surface area contributed by atoms with E-state index in [1.807, 2.05) is 26.0 Å². The Morgan fingerprint density at radius 1 is 1.15 bits per heavy atom. The third-order valence-electron chi connectivity index (χ3n) is 1.88. The van der Waals surface area contributed by atoms with Crippen LogP contribution in [0.25, 0.3) is 0 Å². The molecule has 0 unspecified atom stereocenters. The number of hydrogen-bond acceptors (Lipinski definition) is 2. The van der Waals surface area contributed by atoms with E-state index in [-0.39, 0.29) is 0 Å². The van der Waals surface area contributed by atoms with Gasteiger partial charge in [0.25, 0.3) is 0 Å². The van der Waals surface area contributed by atoms with Crippen LogP contribution in [-0.4, -0.2) is 20.9 Å². The normalized spacial score (nSPS) is 11.9. The molecular formula is C16H24N2W2-2. The molecule has 0 aliphatic carbocycles. The molecule has 0 radical (unpaired) electrons. The van der Waals surface area contributed by atoms with E-state index < -0.39 is 0 Å². The van der Waals surface area contributed by atoms with E-state index in [2.05, 4.69) is 43.8 Å². The van der Waals surface area contributed by atoms with Crippen molar-refractivity contribution in [1.82, 2.24) is 0 Å². The Morgan fingerprint density at radius 2 is 1.70 bits per heavy atom. The zero-order valence-corrected chi connectivity index (χ0v) is 19.0. The van der Waals surface area contributed by atoms with Crippen LogP contribution in [0, 0.1) is 17.9 Å². The molecule has 2 nitrogen and oxygen atoms in total. The Bertz CT molecular complexity index is 403. The Kier molecular flexibility index (Phi) is 15.4. The second kappa shape index (κ2) is 13.9. The van der Waals surface area contributed by atoms with Gasteiger partial charge >= 0.3 is 147 Å². The molecule has 0 rings (SSSR count). The van der Waals surface area contributed by atoms with E-state index >= 15 is 0 Å². The molecule has 0 saturated carbocycles. The van der Waals surface area contributed by atoms with Crippen molar-refractivity contribution >= 4 is 20.9 Å². The van der Waals surface area contributed by atoms with Gasteiger partial charge < -0.3 is 0 Å². The summed E-state index contributed by atoms with van der Waals surface area (Å²) in [6, 6.07) is 0. The SMILES string of the molecule is C[C](=[W])N=CC=[C-]C(C)C.[CH-]=NC(C)=C[C](=[W])C(C)C. The van der Waals surface area contributed by atoms with E-state index in [0.29, 0.717) is 11.8 Å². The van der Waals surface area contributed by atoms with Crippen molar-refractivity contribution in [3.8, 4) is 0 Å². The molecule has 0 amide bonds. The van der Waals surface area contributed by atoms with Crippen LogP contribution in [0.4, 0.5) is 0 Å². The summed E-state index contributed by atoms with van der Waals surface area (Å²) in [7, 11) is 0. The van der Waals surface area contributed by atoms with Crippen molar-refractivity contribution in [3.05, 3.63) is 23.9 Å². The van der Waals surface area contributed by atoms with Crippen LogP contribution in [-0.2, 0) is 38.7 Å². The molecule has 0 aliphatic rings. The molecule has 0 N–H and O–H groups in total. The third kappa shape index (κ3) is 17.9. The summed E-state index contributed by atoms with van der Waals surface area (Å²) in [5.41, 5.74) is 0.902. The molecular weight excluding hydrogens is 588 g/mol. The first kappa shape index (κ1) is 22.2. The summed E-state index contributed by atoms with van der Waals surface area (Å²) < 4.78 is 2.55. The first-order valence-corrected chi connectivity index (χ1v) is 9.39. The predicted molar refractivity (Wildman–Crippen MR) is 83.9 cm³/mol. The number of rotatable bonds is 6. The van der Waals surface area contributed by atoms with E-state index in [1.54, 1.807) is 6.21 Å². The standard InChI is InChI=1S/2C8H12N.2W/c1-7(2)5-6-8(3)9-4;1-4-9-7-5-6-8(2)3;;/h4,6-7H,1-3H3;5,7-8H,1-3H3;;/q2*-1;;. The van der Waals surface area contributed by atoms with Gasteiger partial charge in [-0.15, -0.1) is 0 Å². The summed E-state index contributed by atoms with van der Waals surface area (Å²) in [5.74, 6) is 1.11. The summed E-state index contributed by atoms with van der Waals surface area (Å²) in [6.45, 7) is 17.5. The maximum absolute atomic E-state index is 5.07. The fraction of sp³-hybridized carbons (Fsp3) is 0.500. The minimum absolute atomic E-state index is 0.496. The average Bonchev–Trinajstić information content (AvgIpc) is 2.34. The number of aliphatic imine (C=N–C) groups is 2. The van der Waals surface area contributed by atoms with Crippen molar-refractivity contribution in [2.24, 2.45) is 21.8 Å². The quantitative estimate of drug-likeness (QED) is 0.324. The number of nitrogens with zero attached hydrogens (tertiary/aromatic N) is 2. The van der Waals surface area contributed by atoms with Crippen molar-refractivity contribution in [2.75, 3.05) is 0 Å². The van der Waals surface area contributed by atoms with Crippen LogP contribution in [0.3, 0.4) is 0 Å². The van der Waals surface area contributed by atoms with E-state index in [4.69, 9.17) is 6.72 Å². The predicted octanol–water partition coefficient (Wildman–Crippen LogP) is 3.61. The van der Waals surface area contributed by atoms with Gasteiger partial charge in [-0.3, -0.25) is 0 Å². The second-order valence-corrected chi connectivity index (χ2v) is 8.57. The zero-order chi connectivity index (χ0) is 16.1. The molecule has 0 atom stereocenters. The number of hydrogen-bond donors (Lipinski definition) is 0. The van der Waals surface area contributed by atoms with Gasteiger partial charge in [0.15, 0.2) is 0 Å². The molecule has 0 bridgehead atoms. The first-order chi connectivity index (χ1) is 9.20. The van der Waals surface area contributed by atoms with Crippen LogP contribution in [0.5, 0.6) is 0 Å². The van der Waals surface area contributed by atoms with Crippen LogP contribution in [0.2, 0.25) is 0 Å². The van der Waals surface area contributed by atoms with E-state index in [1.165, 1.54) is 42.6 Å². The molecule has 0 spiro atoms. The summed E-state index contributed by atoms with van der Waals surface area (Å²) >= 11 is 2.91. The molecule has 0 aromatic heterocycles. The van der Waals surface area contributed by atoms with Gasteiger partial charge in [0.05, 0.1) is 0 Å². The molecule has 0 aliphatic heterocycles. The van der Waals surface area contributed by atoms with Crippen LogP contribution >= 0.6 is 0 Å². The zero-order valence-electron chi connectivity index (χ0n) is 13.2. The van der Waals surface area contributed by atoms with Crippen LogP contribution in [0.15, 0.2) is 27.8 Å². The van der Waals surface area contributed by atoms with Gasteiger partial charge in [-0.2, -0.15) is 0 Å². The van der Waals surface area contributed by atoms with Gasteiger partial charge in [0.2, 0.25) is 0 Å². The summed E-state index contributed by atoms with van der Waals surface area (Å²) in [4.78, 5) is 7.67. The van der Waals surface area contributed by atoms with Gasteiger partial charge in [-0.25, -0.2) is 0 Å². The van der Waals surface area contributed by atoms with Crippen molar-refractivity contribution < 1.29 is 38.7 Å². The van der Waals surface area contributed by atoms with Crippen molar-refractivity contribution in [1.29, 1.82) is 0 Å². The molecule has 0 aromatic carbocycles. The monoisotopic (exact) mass is 612 g/mol. The fourth-order valence-corrected chi connectivity index (χ4v) is 1.62. The molecule has 0 saturated heterocycles. The second-order valence-electron chi connectivity index (χ2n) is 4.76. The fourth-order valence-electron chi connectivity index (χ4n) is 0.788. The van der Waals surface area contributed by atoms with Gasteiger partial charge in [-0.1, -0.05) is 0 Å². The molecule has 0 fully saturated rings. The average molecular weight is 612 g/mol. The summed E-state index contributed by atoms with van der Waals surface area (Å²) in [5, 5.41) is 0. The van der Waals surface area contributed by atoms with Gasteiger partial charge in [-0.05, 0) is 0 Å². The van der Waals surface area contributed by atoms with Gasteiger partial charge in [0, 0.05) is 0 Å². The van der Waals surface area contributed by atoms with Crippen molar-refractivity contribution in [3.63, 3.8) is 0 Å². The van der Waals surface area contributed by atoms with Crippen LogP contribution in [0.1, 0.15) is 41.5 Å². The van der Waals surface area contributed by atoms with Crippen molar-refractivity contribution in [2.45, 2.75) is 41.5 Å². The Labute approximate surface area is 146 Å². The third-order valence-corrected chi connectivity index (χ3v) is 4.38. The minimum atomic E-state index is 0.496. The Morgan fingerprint density at radius 3 is 2.05 bits per heavy atom.